The lowest BCUT2D eigenvalue weighted by Crippen LogP contribution is -2.14. The van der Waals surface area contributed by atoms with Crippen LogP contribution >= 0.6 is 0 Å². The third-order valence-corrected chi connectivity index (χ3v) is 3.27. The number of rotatable bonds is 1. The van der Waals surface area contributed by atoms with Crippen molar-refractivity contribution in [3.05, 3.63) is 53.1 Å². The number of benzene rings is 1. The first kappa shape index (κ1) is 16.3. The van der Waals surface area contributed by atoms with Crippen LogP contribution in [-0.2, 0) is 17.1 Å². The molecule has 118 valence electrons. The Labute approximate surface area is 121 Å². The van der Waals surface area contributed by atoms with Gasteiger partial charge in [-0.1, -0.05) is 19.1 Å². The summed E-state index contributed by atoms with van der Waals surface area (Å²) in [6.07, 6.45) is -6.06. The van der Waals surface area contributed by atoms with Crippen LogP contribution in [0.1, 0.15) is 23.6 Å². The van der Waals surface area contributed by atoms with E-state index in [0.29, 0.717) is 18.2 Å². The van der Waals surface area contributed by atoms with E-state index in [-0.39, 0.29) is 5.57 Å². The minimum atomic E-state index is -4.82. The van der Waals surface area contributed by atoms with Crippen LogP contribution in [0.5, 0.6) is 0 Å². The molecule has 1 atom stereocenters. The van der Waals surface area contributed by atoms with Gasteiger partial charge in [0.25, 0.3) is 0 Å². The molecule has 0 saturated heterocycles. The predicted molar refractivity (Wildman–Crippen MR) is 67.7 cm³/mol. The number of allylic oxidation sites excluding steroid dienone is 4. The van der Waals surface area contributed by atoms with Gasteiger partial charge in [-0.2, -0.15) is 26.3 Å². The fourth-order valence-electron chi connectivity index (χ4n) is 2.05. The van der Waals surface area contributed by atoms with Crippen LogP contribution in [0.25, 0.3) is 5.57 Å². The minimum Gasteiger partial charge on any atom is -0.294 e. The van der Waals surface area contributed by atoms with Crippen LogP contribution < -0.4 is 0 Å². The number of halogens is 6. The molecule has 1 aromatic carbocycles. The van der Waals surface area contributed by atoms with E-state index in [2.05, 4.69) is 0 Å². The van der Waals surface area contributed by atoms with Gasteiger partial charge in [0.05, 0.1) is 11.1 Å². The summed E-state index contributed by atoms with van der Waals surface area (Å²) in [7, 11) is 0. The number of carbonyl (C=O) groups is 1. The monoisotopic (exact) mass is 320 g/mol. The molecule has 0 N–H and O–H groups in total. The zero-order valence-electron chi connectivity index (χ0n) is 11.2. The number of carbonyl (C=O) groups excluding carboxylic acids is 1. The maximum atomic E-state index is 13.0. The van der Waals surface area contributed by atoms with Crippen LogP contribution in [0.4, 0.5) is 26.3 Å². The molecule has 0 saturated carbocycles. The largest absolute Gasteiger partial charge is 0.417 e. The summed E-state index contributed by atoms with van der Waals surface area (Å²) in [5.74, 6) is -0.966. The van der Waals surface area contributed by atoms with Gasteiger partial charge in [-0.3, -0.25) is 4.79 Å². The van der Waals surface area contributed by atoms with Crippen molar-refractivity contribution >= 4 is 11.4 Å². The zero-order valence-corrected chi connectivity index (χ0v) is 11.2. The summed E-state index contributed by atoms with van der Waals surface area (Å²) in [5, 5.41) is 0. The second kappa shape index (κ2) is 5.30. The Morgan fingerprint density at radius 1 is 1.00 bits per heavy atom. The normalized spacial score (nSPS) is 19.3. The van der Waals surface area contributed by atoms with Crippen LogP contribution in [0, 0.1) is 5.92 Å². The van der Waals surface area contributed by atoms with Crippen molar-refractivity contribution in [1.82, 2.24) is 0 Å². The third-order valence-electron chi connectivity index (χ3n) is 3.27. The first-order chi connectivity index (χ1) is 10.00. The van der Waals surface area contributed by atoms with Crippen molar-refractivity contribution in [2.45, 2.75) is 19.3 Å². The van der Waals surface area contributed by atoms with Gasteiger partial charge in [-0.05, 0) is 35.4 Å². The summed E-state index contributed by atoms with van der Waals surface area (Å²) < 4.78 is 77.1. The van der Waals surface area contributed by atoms with Gasteiger partial charge in [0.15, 0.2) is 5.78 Å². The molecule has 1 nitrogen and oxygen atoms in total. The predicted octanol–water partition coefficient (Wildman–Crippen LogP) is 4.88. The van der Waals surface area contributed by atoms with Gasteiger partial charge in [0.2, 0.25) is 0 Å². The fourth-order valence-corrected chi connectivity index (χ4v) is 2.05. The lowest BCUT2D eigenvalue weighted by Gasteiger charge is -2.18. The number of ketones is 1. The summed E-state index contributed by atoms with van der Waals surface area (Å²) in [5.41, 5.74) is -3.24. The molecule has 1 unspecified atom stereocenters. The second-order valence-corrected chi connectivity index (χ2v) is 4.91. The van der Waals surface area contributed by atoms with Crippen LogP contribution in [0.2, 0.25) is 0 Å². The lowest BCUT2D eigenvalue weighted by molar-refractivity contribution is -0.141. The van der Waals surface area contributed by atoms with E-state index < -0.39 is 40.7 Å². The van der Waals surface area contributed by atoms with Crippen molar-refractivity contribution in [1.29, 1.82) is 0 Å². The van der Waals surface area contributed by atoms with Gasteiger partial charge in [0, 0.05) is 5.92 Å². The molecule has 1 aromatic rings. The maximum Gasteiger partial charge on any atom is 0.417 e. The Balaban J connectivity index is 2.64. The SMILES string of the molecule is CC1C=CC(c2cc(C(F)(F)F)ccc2C(F)(F)F)=CC1=O. The Kier molecular flexibility index (Phi) is 3.93. The van der Waals surface area contributed by atoms with Crippen molar-refractivity contribution in [3.8, 4) is 0 Å². The van der Waals surface area contributed by atoms with Gasteiger partial charge >= 0.3 is 12.4 Å². The van der Waals surface area contributed by atoms with Crippen molar-refractivity contribution in [2.24, 2.45) is 5.92 Å². The minimum absolute atomic E-state index is 0.179. The molecule has 22 heavy (non-hydrogen) atoms. The number of hydrogen-bond donors (Lipinski definition) is 0. The summed E-state index contributed by atoms with van der Waals surface area (Å²) in [6, 6.07) is 1.18. The first-order valence-electron chi connectivity index (χ1n) is 6.22. The summed E-state index contributed by atoms with van der Waals surface area (Å²) >= 11 is 0. The molecule has 0 aromatic heterocycles. The number of alkyl halides is 6. The fraction of sp³-hybridized carbons (Fsp3) is 0.267. The molecule has 0 aliphatic heterocycles. The van der Waals surface area contributed by atoms with E-state index in [4.69, 9.17) is 0 Å². The van der Waals surface area contributed by atoms with Gasteiger partial charge in [-0.25, -0.2) is 0 Å². The molecule has 0 radical (unpaired) electrons. The van der Waals surface area contributed by atoms with E-state index in [0.717, 1.165) is 6.08 Å². The Hall–Kier alpha value is -2.05. The molecule has 1 aliphatic carbocycles. The first-order valence-corrected chi connectivity index (χ1v) is 6.22. The van der Waals surface area contributed by atoms with Crippen molar-refractivity contribution in [2.75, 3.05) is 0 Å². The molecule has 0 amide bonds. The topological polar surface area (TPSA) is 17.1 Å². The highest BCUT2D eigenvalue weighted by atomic mass is 19.4. The molecule has 0 bridgehead atoms. The molecular weight excluding hydrogens is 310 g/mol. The van der Waals surface area contributed by atoms with Crippen LogP contribution in [-0.4, -0.2) is 5.78 Å². The lowest BCUT2D eigenvalue weighted by atomic mass is 9.89. The Morgan fingerprint density at radius 2 is 1.64 bits per heavy atom. The average molecular weight is 320 g/mol. The third kappa shape index (κ3) is 3.23. The second-order valence-electron chi connectivity index (χ2n) is 4.91. The molecule has 0 spiro atoms. The van der Waals surface area contributed by atoms with Crippen molar-refractivity contribution < 1.29 is 31.1 Å². The Bertz CT molecular complexity index is 664. The van der Waals surface area contributed by atoms with E-state index in [1.807, 2.05) is 0 Å². The maximum absolute atomic E-state index is 13.0. The highest BCUT2D eigenvalue weighted by molar-refractivity contribution is 6.03. The van der Waals surface area contributed by atoms with Crippen molar-refractivity contribution in [3.63, 3.8) is 0 Å². The Morgan fingerprint density at radius 3 is 2.14 bits per heavy atom. The molecule has 7 heteroatoms. The van der Waals surface area contributed by atoms with E-state index >= 15 is 0 Å². The number of hydrogen-bond acceptors (Lipinski definition) is 1. The van der Waals surface area contributed by atoms with E-state index in [1.165, 1.54) is 12.2 Å². The standard InChI is InChI=1S/C15H10F6O/c1-8-2-3-9(6-13(8)22)11-7-10(14(16,17)18)4-5-12(11)15(19,20)21/h2-8H,1H3. The molecule has 1 aliphatic rings. The average Bonchev–Trinajstić information content (AvgIpc) is 2.39. The quantitative estimate of drug-likeness (QED) is 0.674. The van der Waals surface area contributed by atoms with Gasteiger partial charge in [-0.15, -0.1) is 0 Å². The van der Waals surface area contributed by atoms with Crippen LogP contribution in [0.15, 0.2) is 36.4 Å². The summed E-state index contributed by atoms with van der Waals surface area (Å²) in [6.45, 7) is 1.54. The molecule has 2 rings (SSSR count). The zero-order chi connectivity index (χ0) is 16.7. The van der Waals surface area contributed by atoms with Crippen LogP contribution in [0.3, 0.4) is 0 Å². The molecular formula is C15H10F6O. The molecule has 0 fully saturated rings. The summed E-state index contributed by atoms with van der Waals surface area (Å²) in [4.78, 5) is 11.6. The highest BCUT2D eigenvalue weighted by Gasteiger charge is 2.37. The van der Waals surface area contributed by atoms with Gasteiger partial charge < -0.3 is 0 Å². The van der Waals surface area contributed by atoms with Gasteiger partial charge in [0.1, 0.15) is 0 Å². The smallest absolute Gasteiger partial charge is 0.294 e. The van der Waals surface area contributed by atoms with E-state index in [9.17, 15) is 31.1 Å². The van der Waals surface area contributed by atoms with E-state index in [1.54, 1.807) is 6.92 Å². The highest BCUT2D eigenvalue weighted by Crippen LogP contribution is 2.39. The molecule has 0 heterocycles.